The highest BCUT2D eigenvalue weighted by molar-refractivity contribution is 5.97. The van der Waals surface area contributed by atoms with Gasteiger partial charge in [-0.15, -0.1) is 0 Å². The third-order valence-corrected chi connectivity index (χ3v) is 4.51. The lowest BCUT2D eigenvalue weighted by Gasteiger charge is -2.36. The second-order valence-electron chi connectivity index (χ2n) is 6.18. The number of amides is 2. The smallest absolute Gasteiger partial charge is 0.255 e. The molecule has 6 heteroatoms. The van der Waals surface area contributed by atoms with E-state index in [1.165, 1.54) is 10.6 Å². The Balaban J connectivity index is 1.97. The highest BCUT2D eigenvalue weighted by atomic mass is 16.2. The Morgan fingerprint density at radius 1 is 1.20 bits per heavy atom. The molecule has 25 heavy (non-hydrogen) atoms. The van der Waals surface area contributed by atoms with Gasteiger partial charge >= 0.3 is 0 Å². The number of pyridine rings is 1. The van der Waals surface area contributed by atoms with E-state index in [1.807, 2.05) is 31.2 Å². The molecule has 0 unspecified atom stereocenters. The predicted molar refractivity (Wildman–Crippen MR) is 94.2 cm³/mol. The highest BCUT2D eigenvalue weighted by Gasteiger charge is 2.34. The largest absolute Gasteiger partial charge is 0.355 e. The summed E-state index contributed by atoms with van der Waals surface area (Å²) in [7, 11) is 1.63. The fourth-order valence-corrected chi connectivity index (χ4v) is 3.11. The van der Waals surface area contributed by atoms with Crippen LogP contribution in [0.1, 0.15) is 28.4 Å². The molecular weight excluding hydrogens is 318 g/mol. The quantitative estimate of drug-likeness (QED) is 0.910. The third kappa shape index (κ3) is 3.33. The monoisotopic (exact) mass is 339 g/mol. The van der Waals surface area contributed by atoms with Crippen molar-refractivity contribution >= 4 is 11.8 Å². The van der Waals surface area contributed by atoms with Gasteiger partial charge in [0.15, 0.2) is 0 Å². The van der Waals surface area contributed by atoms with E-state index in [2.05, 4.69) is 5.32 Å². The molecule has 2 aromatic rings. The maximum Gasteiger partial charge on any atom is 0.255 e. The molecular formula is C19H21N3O3. The molecule has 1 aromatic heterocycles. The molecule has 2 amide bonds. The van der Waals surface area contributed by atoms with Crippen LogP contribution in [-0.4, -0.2) is 33.9 Å². The van der Waals surface area contributed by atoms with Crippen LogP contribution >= 0.6 is 0 Å². The van der Waals surface area contributed by atoms with Crippen molar-refractivity contribution in [1.82, 2.24) is 14.8 Å². The maximum absolute atomic E-state index is 13.0. The lowest BCUT2D eigenvalue weighted by molar-refractivity contribution is -0.126. The van der Waals surface area contributed by atoms with Crippen molar-refractivity contribution in [3.8, 4) is 0 Å². The molecule has 0 aliphatic carbocycles. The molecule has 2 heterocycles. The molecule has 0 fully saturated rings. The summed E-state index contributed by atoms with van der Waals surface area (Å²) in [4.78, 5) is 38.9. The number of benzene rings is 1. The fraction of sp³-hybridized carbons (Fsp3) is 0.316. The van der Waals surface area contributed by atoms with Crippen molar-refractivity contribution in [2.75, 3.05) is 6.54 Å². The first-order chi connectivity index (χ1) is 12.0. The van der Waals surface area contributed by atoms with E-state index < -0.39 is 6.04 Å². The SMILES string of the molecule is CCNC(=O)[C@H]1Cc2ccccc2CN1C(=O)c1ccn(C)c(=O)c1. The predicted octanol–water partition coefficient (Wildman–Crippen LogP) is 1.09. The summed E-state index contributed by atoms with van der Waals surface area (Å²) in [6, 6.07) is 10.2. The molecule has 6 nitrogen and oxygen atoms in total. The van der Waals surface area contributed by atoms with Crippen molar-refractivity contribution in [3.05, 3.63) is 69.6 Å². The van der Waals surface area contributed by atoms with Crippen LogP contribution < -0.4 is 10.9 Å². The van der Waals surface area contributed by atoms with Gasteiger partial charge in [0.2, 0.25) is 5.91 Å². The number of aromatic nitrogens is 1. The molecule has 0 bridgehead atoms. The number of carbonyl (C=O) groups excluding carboxylic acids is 2. The number of hydrogen-bond acceptors (Lipinski definition) is 3. The molecule has 0 saturated carbocycles. The van der Waals surface area contributed by atoms with Gasteiger partial charge in [-0.2, -0.15) is 0 Å². The van der Waals surface area contributed by atoms with Gasteiger partial charge in [-0.3, -0.25) is 14.4 Å². The Morgan fingerprint density at radius 3 is 2.60 bits per heavy atom. The van der Waals surface area contributed by atoms with Crippen LogP contribution in [0.15, 0.2) is 47.4 Å². The fourth-order valence-electron chi connectivity index (χ4n) is 3.11. The van der Waals surface area contributed by atoms with Crippen molar-refractivity contribution in [2.45, 2.75) is 25.9 Å². The first-order valence-corrected chi connectivity index (χ1v) is 8.33. The van der Waals surface area contributed by atoms with Crippen molar-refractivity contribution in [1.29, 1.82) is 0 Å². The number of nitrogens with zero attached hydrogens (tertiary/aromatic N) is 2. The lowest BCUT2D eigenvalue weighted by atomic mass is 9.93. The Morgan fingerprint density at radius 2 is 1.92 bits per heavy atom. The van der Waals surface area contributed by atoms with E-state index in [9.17, 15) is 14.4 Å². The maximum atomic E-state index is 13.0. The Hall–Kier alpha value is -2.89. The van der Waals surface area contributed by atoms with Crippen LogP contribution in [0.2, 0.25) is 0 Å². The van der Waals surface area contributed by atoms with Crippen LogP contribution in [0.3, 0.4) is 0 Å². The zero-order valence-corrected chi connectivity index (χ0v) is 14.4. The summed E-state index contributed by atoms with van der Waals surface area (Å²) in [5.74, 6) is -0.474. The molecule has 0 spiro atoms. The van der Waals surface area contributed by atoms with Gasteiger partial charge in [0.25, 0.3) is 11.5 Å². The summed E-state index contributed by atoms with van der Waals surface area (Å²) in [6.45, 7) is 2.71. The van der Waals surface area contributed by atoms with Crippen LogP contribution in [0.25, 0.3) is 0 Å². The van der Waals surface area contributed by atoms with Gasteiger partial charge < -0.3 is 14.8 Å². The zero-order chi connectivity index (χ0) is 18.0. The van der Waals surface area contributed by atoms with Crippen LogP contribution in [0.5, 0.6) is 0 Å². The molecule has 1 aliphatic rings. The summed E-state index contributed by atoms with van der Waals surface area (Å²) in [6.07, 6.45) is 2.03. The highest BCUT2D eigenvalue weighted by Crippen LogP contribution is 2.25. The summed E-state index contributed by atoms with van der Waals surface area (Å²) in [5, 5.41) is 2.80. The summed E-state index contributed by atoms with van der Waals surface area (Å²) in [5.41, 5.74) is 2.15. The van der Waals surface area contributed by atoms with Gasteiger partial charge in [-0.1, -0.05) is 24.3 Å². The van der Waals surface area contributed by atoms with Gasteiger partial charge in [0.1, 0.15) is 6.04 Å². The standard InChI is InChI=1S/C19H21N3O3/c1-3-20-18(24)16-10-13-6-4-5-7-15(13)12-22(16)19(25)14-8-9-21(2)17(23)11-14/h4-9,11,16H,3,10,12H2,1-2H3,(H,20,24)/t16-/m1/s1. The molecule has 0 radical (unpaired) electrons. The third-order valence-electron chi connectivity index (χ3n) is 4.51. The summed E-state index contributed by atoms with van der Waals surface area (Å²) >= 11 is 0. The lowest BCUT2D eigenvalue weighted by Crippen LogP contribution is -2.52. The number of fused-ring (bicyclic) bond motifs is 1. The summed E-state index contributed by atoms with van der Waals surface area (Å²) < 4.78 is 1.41. The van der Waals surface area contributed by atoms with E-state index in [4.69, 9.17) is 0 Å². The minimum Gasteiger partial charge on any atom is -0.355 e. The number of nitrogens with one attached hydrogen (secondary N) is 1. The van der Waals surface area contributed by atoms with Crippen LogP contribution in [0, 0.1) is 0 Å². The molecule has 1 atom stereocenters. The van der Waals surface area contributed by atoms with Gasteiger partial charge in [0, 0.05) is 44.4 Å². The first-order valence-electron chi connectivity index (χ1n) is 8.33. The molecule has 0 saturated heterocycles. The average molecular weight is 339 g/mol. The average Bonchev–Trinajstić information content (AvgIpc) is 2.62. The van der Waals surface area contributed by atoms with Crippen molar-refractivity contribution in [2.24, 2.45) is 7.05 Å². The second-order valence-corrected chi connectivity index (χ2v) is 6.18. The second kappa shape index (κ2) is 6.93. The minimum absolute atomic E-state index is 0.172. The first kappa shape index (κ1) is 17.0. The van der Waals surface area contributed by atoms with Gasteiger partial charge in [-0.25, -0.2) is 0 Å². The van der Waals surface area contributed by atoms with Gasteiger partial charge in [0.05, 0.1) is 0 Å². The van der Waals surface area contributed by atoms with Crippen LogP contribution in [0.4, 0.5) is 0 Å². The number of carbonyl (C=O) groups is 2. The van der Waals surface area contributed by atoms with E-state index in [1.54, 1.807) is 24.2 Å². The molecule has 1 aliphatic heterocycles. The van der Waals surface area contributed by atoms with Crippen molar-refractivity contribution < 1.29 is 9.59 Å². The topological polar surface area (TPSA) is 71.4 Å². The molecule has 3 rings (SSSR count). The van der Waals surface area contributed by atoms with Crippen molar-refractivity contribution in [3.63, 3.8) is 0 Å². The van der Waals surface area contributed by atoms with Crippen LogP contribution in [-0.2, 0) is 24.8 Å². The number of likely N-dealkylation sites (N-methyl/N-ethyl adjacent to an activating group) is 1. The van der Waals surface area contributed by atoms with E-state index in [0.29, 0.717) is 25.1 Å². The molecule has 1 N–H and O–H groups in total. The molecule has 130 valence electrons. The normalized spacial score (nSPS) is 16.2. The van der Waals surface area contributed by atoms with E-state index in [-0.39, 0.29) is 17.4 Å². The zero-order valence-electron chi connectivity index (χ0n) is 14.4. The minimum atomic E-state index is -0.577. The Bertz CT molecular complexity index is 872. The Kier molecular flexibility index (Phi) is 4.70. The van der Waals surface area contributed by atoms with E-state index >= 15 is 0 Å². The number of aryl methyl sites for hydroxylation is 1. The van der Waals surface area contributed by atoms with E-state index in [0.717, 1.165) is 11.1 Å². The number of rotatable bonds is 3. The van der Waals surface area contributed by atoms with Gasteiger partial charge in [-0.05, 0) is 24.1 Å². The Labute approximate surface area is 146 Å². The number of hydrogen-bond donors (Lipinski definition) is 1. The molecule has 1 aromatic carbocycles.